The molecule has 0 aliphatic carbocycles. The first-order chi connectivity index (χ1) is 17.9. The molecule has 1 aliphatic rings. The number of anilines is 1. The molecule has 0 fully saturated rings. The van der Waals surface area contributed by atoms with E-state index >= 15 is 0 Å². The first kappa shape index (κ1) is 25.4. The highest BCUT2D eigenvalue weighted by molar-refractivity contribution is 6.29. The summed E-state index contributed by atoms with van der Waals surface area (Å²) in [5.74, 6) is 1.24. The van der Waals surface area contributed by atoms with E-state index in [4.69, 9.17) is 26.8 Å². The smallest absolute Gasteiger partial charge is 0.266 e. The number of nitrogens with zero attached hydrogens (tertiary/aromatic N) is 6. The van der Waals surface area contributed by atoms with E-state index in [2.05, 4.69) is 36.0 Å². The molecule has 4 rings (SSSR count). The second-order valence-electron chi connectivity index (χ2n) is 7.74. The summed E-state index contributed by atoms with van der Waals surface area (Å²) in [6, 6.07) is 6.18. The standard InChI is InChI=1S/C21H23ClN10O5/c22-17-9-18(29-21(28-17)31-7-6-24-11-31)27-14(2-1-5-25-20(23)30-32(34)35)19(33)26-10-13-3-4-15-16(8-13)37-12-36-15/h3-4,6-9,11,14H,1-2,5,10,12H2,(H,26,33)(H3,23,25,30)(H,27,28,29). The van der Waals surface area contributed by atoms with E-state index in [-0.39, 0.29) is 42.9 Å². The quantitative estimate of drug-likeness (QED) is 0.0689. The first-order valence-corrected chi connectivity index (χ1v) is 11.4. The minimum atomic E-state index is -0.896. The molecule has 16 heteroatoms. The van der Waals surface area contributed by atoms with Crippen molar-refractivity contribution in [3.05, 3.63) is 63.8 Å². The van der Waals surface area contributed by atoms with E-state index in [1.807, 2.05) is 6.07 Å². The summed E-state index contributed by atoms with van der Waals surface area (Å²) >= 11 is 6.18. The number of hydrazone groups is 1. The molecular weight excluding hydrogens is 508 g/mol. The van der Waals surface area contributed by atoms with Crippen LogP contribution in [0.15, 0.2) is 48.1 Å². The summed E-state index contributed by atoms with van der Waals surface area (Å²) in [7, 11) is 0. The summed E-state index contributed by atoms with van der Waals surface area (Å²) in [4.78, 5) is 36.1. The van der Waals surface area contributed by atoms with Gasteiger partial charge in [-0.3, -0.25) is 9.36 Å². The topological polar surface area (TPSA) is 197 Å². The number of benzene rings is 1. The predicted molar refractivity (Wildman–Crippen MR) is 132 cm³/mol. The largest absolute Gasteiger partial charge is 0.454 e. The zero-order valence-electron chi connectivity index (χ0n) is 19.3. The Morgan fingerprint density at radius 1 is 1.27 bits per heavy atom. The molecule has 0 spiro atoms. The number of nitrogens with one attached hydrogen (secondary N) is 3. The van der Waals surface area contributed by atoms with Gasteiger partial charge in [0.15, 0.2) is 16.5 Å². The second-order valence-corrected chi connectivity index (χ2v) is 8.13. The van der Waals surface area contributed by atoms with Crippen LogP contribution in [0.5, 0.6) is 11.5 Å². The van der Waals surface area contributed by atoms with Crippen molar-refractivity contribution in [2.75, 3.05) is 18.7 Å². The minimum absolute atomic E-state index is 0.157. The summed E-state index contributed by atoms with van der Waals surface area (Å²) in [5.41, 5.74) is 6.28. The lowest BCUT2D eigenvalue weighted by Gasteiger charge is -2.20. The number of ether oxygens (including phenoxy) is 2. The first-order valence-electron chi connectivity index (χ1n) is 11.1. The van der Waals surface area contributed by atoms with Crippen molar-refractivity contribution in [1.82, 2.24) is 30.2 Å². The van der Waals surface area contributed by atoms with Crippen LogP contribution in [0.1, 0.15) is 18.4 Å². The third-order valence-electron chi connectivity index (χ3n) is 5.13. The van der Waals surface area contributed by atoms with Crippen LogP contribution in [0.3, 0.4) is 0 Å². The SMILES string of the molecule is NC(=N[N+](=O)[O-])NCCCC(Nc1cc(Cl)nc(-n2ccnc2)n1)C(=O)NCc1ccc2c(c1)OCO2. The van der Waals surface area contributed by atoms with Gasteiger partial charge >= 0.3 is 0 Å². The summed E-state index contributed by atoms with van der Waals surface area (Å²) in [6.07, 6.45) is 5.51. The number of hydrogen-bond donors (Lipinski definition) is 4. The number of fused-ring (bicyclic) bond motifs is 1. The van der Waals surface area contributed by atoms with Crippen LogP contribution in [0.2, 0.25) is 5.15 Å². The molecule has 1 atom stereocenters. The highest BCUT2D eigenvalue weighted by Crippen LogP contribution is 2.32. The molecule has 5 N–H and O–H groups in total. The summed E-state index contributed by atoms with van der Waals surface area (Å²) in [5, 5.41) is 21.3. The number of imidazole rings is 1. The molecule has 1 aliphatic heterocycles. The molecule has 0 saturated heterocycles. The molecule has 194 valence electrons. The van der Waals surface area contributed by atoms with Gasteiger partial charge < -0.3 is 31.2 Å². The van der Waals surface area contributed by atoms with Crippen molar-refractivity contribution in [3.8, 4) is 17.4 Å². The maximum Gasteiger partial charge on any atom is 0.266 e. The lowest BCUT2D eigenvalue weighted by atomic mass is 10.1. The molecule has 3 aromatic rings. The van der Waals surface area contributed by atoms with Crippen molar-refractivity contribution in [2.24, 2.45) is 10.8 Å². The van der Waals surface area contributed by atoms with E-state index in [1.54, 1.807) is 29.1 Å². The van der Waals surface area contributed by atoms with Crippen molar-refractivity contribution < 1.29 is 19.3 Å². The van der Waals surface area contributed by atoms with Crippen LogP contribution in [-0.2, 0) is 11.3 Å². The minimum Gasteiger partial charge on any atom is -0.454 e. The van der Waals surface area contributed by atoms with Crippen LogP contribution < -0.4 is 31.2 Å². The fraction of sp³-hybridized carbons (Fsp3) is 0.286. The van der Waals surface area contributed by atoms with E-state index in [0.717, 1.165) is 5.56 Å². The zero-order chi connectivity index (χ0) is 26.2. The lowest BCUT2D eigenvalue weighted by molar-refractivity contribution is -0.485. The van der Waals surface area contributed by atoms with E-state index < -0.39 is 11.1 Å². The molecular formula is C21H23ClN10O5. The van der Waals surface area contributed by atoms with Crippen LogP contribution in [0.4, 0.5) is 5.82 Å². The third kappa shape index (κ3) is 7.17. The average Bonchev–Trinajstić information content (AvgIpc) is 3.55. The molecule has 1 unspecified atom stereocenters. The van der Waals surface area contributed by atoms with Gasteiger partial charge in [-0.15, -0.1) is 0 Å². The number of carbonyl (C=O) groups excluding carboxylic acids is 1. The third-order valence-corrected chi connectivity index (χ3v) is 5.32. The van der Waals surface area contributed by atoms with Gasteiger partial charge in [-0.1, -0.05) is 17.7 Å². The van der Waals surface area contributed by atoms with E-state index in [0.29, 0.717) is 30.2 Å². The number of hydrogen-bond acceptors (Lipinski definition) is 9. The number of nitro groups is 1. The Bertz CT molecular complexity index is 1290. The molecule has 37 heavy (non-hydrogen) atoms. The van der Waals surface area contributed by atoms with Crippen molar-refractivity contribution in [2.45, 2.75) is 25.4 Å². The van der Waals surface area contributed by atoms with Crippen LogP contribution >= 0.6 is 11.6 Å². The molecule has 0 saturated carbocycles. The van der Waals surface area contributed by atoms with Gasteiger partial charge in [0.05, 0.1) is 0 Å². The second kappa shape index (κ2) is 11.9. The van der Waals surface area contributed by atoms with Gasteiger partial charge in [0.25, 0.3) is 5.96 Å². The average molecular weight is 531 g/mol. The predicted octanol–water partition coefficient (Wildman–Crippen LogP) is 1.02. The van der Waals surface area contributed by atoms with E-state index in [9.17, 15) is 14.9 Å². The monoisotopic (exact) mass is 530 g/mol. The molecule has 2 aromatic heterocycles. The molecule has 0 bridgehead atoms. The highest BCUT2D eigenvalue weighted by Gasteiger charge is 2.20. The van der Waals surface area contributed by atoms with Crippen molar-refractivity contribution in [1.29, 1.82) is 0 Å². The number of carbonyl (C=O) groups is 1. The normalized spacial score (nSPS) is 13.2. The molecule has 15 nitrogen and oxygen atoms in total. The zero-order valence-corrected chi connectivity index (χ0v) is 20.1. The maximum absolute atomic E-state index is 13.1. The summed E-state index contributed by atoms with van der Waals surface area (Å²) < 4.78 is 12.3. The fourth-order valence-electron chi connectivity index (χ4n) is 3.43. The molecule has 0 radical (unpaired) electrons. The summed E-state index contributed by atoms with van der Waals surface area (Å²) in [6.45, 7) is 0.658. The molecule has 1 amide bonds. The van der Waals surface area contributed by atoms with Crippen LogP contribution in [0, 0.1) is 10.1 Å². The van der Waals surface area contributed by atoms with Crippen molar-refractivity contribution >= 4 is 29.3 Å². The number of amides is 1. The van der Waals surface area contributed by atoms with Crippen molar-refractivity contribution in [3.63, 3.8) is 0 Å². The number of guanidine groups is 1. The lowest BCUT2D eigenvalue weighted by Crippen LogP contribution is -2.40. The maximum atomic E-state index is 13.1. The van der Waals surface area contributed by atoms with E-state index in [1.165, 1.54) is 12.4 Å². The van der Waals surface area contributed by atoms with Crippen LogP contribution in [-0.4, -0.2) is 55.8 Å². The van der Waals surface area contributed by atoms with Gasteiger partial charge in [-0.2, -0.15) is 4.98 Å². The number of halogens is 1. The molecule has 3 heterocycles. The molecule has 1 aromatic carbocycles. The van der Waals surface area contributed by atoms with Gasteiger partial charge in [0, 0.05) is 31.5 Å². The fourth-order valence-corrected chi connectivity index (χ4v) is 3.61. The van der Waals surface area contributed by atoms with Gasteiger partial charge in [0.1, 0.15) is 28.4 Å². The Kier molecular flexibility index (Phi) is 8.15. The Morgan fingerprint density at radius 3 is 2.89 bits per heavy atom. The van der Waals surface area contributed by atoms with Gasteiger partial charge in [0.2, 0.25) is 18.6 Å². The number of nitrogens with two attached hydrogens (primary N) is 1. The van der Waals surface area contributed by atoms with Gasteiger partial charge in [-0.05, 0) is 30.5 Å². The Labute approximate surface area is 215 Å². The Balaban J connectivity index is 1.43. The number of rotatable bonds is 11. The number of aromatic nitrogens is 4. The van der Waals surface area contributed by atoms with Crippen LogP contribution in [0.25, 0.3) is 5.95 Å². The highest BCUT2D eigenvalue weighted by atomic mass is 35.5. The Morgan fingerprint density at radius 2 is 2.11 bits per heavy atom. The Hall–Kier alpha value is -4.66. The van der Waals surface area contributed by atoms with Gasteiger partial charge in [-0.25, -0.2) is 20.1 Å².